The number of hydrogen-bond acceptors (Lipinski definition) is 2. The highest BCUT2D eigenvalue weighted by atomic mass is 79.9. The number of halogens is 1. The topological polar surface area (TPSA) is 25.2 Å². The molecule has 0 radical (unpaired) electrons. The first-order valence-corrected chi connectivity index (χ1v) is 5.89. The molecule has 1 atom stereocenters. The Morgan fingerprint density at radius 3 is 2.79 bits per heavy atom. The van der Waals surface area contributed by atoms with Crippen LogP contribution in [0.1, 0.15) is 16.7 Å². The second-order valence-electron chi connectivity index (χ2n) is 3.08. The molecule has 0 aliphatic heterocycles. The molecule has 0 aromatic carbocycles. The van der Waals surface area contributed by atoms with Gasteiger partial charge in [0.2, 0.25) is 0 Å². The molecule has 0 bridgehead atoms. The maximum atomic E-state index is 10.1. The Labute approximate surface area is 94.9 Å². The smallest absolute Gasteiger partial charge is 0.129 e. The lowest BCUT2D eigenvalue weighted by Crippen LogP contribution is -2.03. The Balaban J connectivity index is 2.38. The Bertz CT molecular complexity index is 395. The van der Waals surface area contributed by atoms with Crippen molar-refractivity contribution in [3.63, 3.8) is 0 Å². The number of thiophene rings is 1. The third kappa shape index (κ3) is 1.65. The summed E-state index contributed by atoms with van der Waals surface area (Å²) < 4.78 is 2.90. The fourth-order valence-electron chi connectivity index (χ4n) is 1.39. The van der Waals surface area contributed by atoms with Crippen molar-refractivity contribution in [2.75, 3.05) is 0 Å². The number of aromatic nitrogens is 1. The summed E-state index contributed by atoms with van der Waals surface area (Å²) in [5.74, 6) is 0. The average molecular weight is 272 g/mol. The number of aliphatic hydroxyl groups is 1. The fourth-order valence-corrected chi connectivity index (χ4v) is 2.98. The molecule has 0 fully saturated rings. The van der Waals surface area contributed by atoms with E-state index >= 15 is 0 Å². The summed E-state index contributed by atoms with van der Waals surface area (Å²) in [5.41, 5.74) is 0.910. The maximum Gasteiger partial charge on any atom is 0.129 e. The van der Waals surface area contributed by atoms with Crippen molar-refractivity contribution in [2.45, 2.75) is 6.10 Å². The van der Waals surface area contributed by atoms with E-state index in [0.717, 1.165) is 15.0 Å². The molecule has 0 amide bonds. The molecule has 0 aliphatic rings. The molecule has 2 aromatic heterocycles. The van der Waals surface area contributed by atoms with Gasteiger partial charge in [0.15, 0.2) is 0 Å². The van der Waals surface area contributed by atoms with Gasteiger partial charge >= 0.3 is 0 Å². The van der Waals surface area contributed by atoms with Crippen LogP contribution in [-0.2, 0) is 7.05 Å². The molecular weight excluding hydrogens is 262 g/mol. The maximum absolute atomic E-state index is 10.1. The van der Waals surface area contributed by atoms with Crippen molar-refractivity contribution in [1.29, 1.82) is 0 Å². The van der Waals surface area contributed by atoms with E-state index in [0.29, 0.717) is 0 Å². The van der Waals surface area contributed by atoms with Gasteiger partial charge < -0.3 is 9.67 Å². The van der Waals surface area contributed by atoms with Crippen LogP contribution >= 0.6 is 27.3 Å². The summed E-state index contributed by atoms with van der Waals surface area (Å²) >= 11 is 4.97. The zero-order valence-electron chi connectivity index (χ0n) is 7.64. The summed E-state index contributed by atoms with van der Waals surface area (Å²) in [7, 11) is 1.93. The molecule has 0 unspecified atom stereocenters. The highest BCUT2D eigenvalue weighted by molar-refractivity contribution is 9.10. The van der Waals surface area contributed by atoms with Gasteiger partial charge in [-0.3, -0.25) is 0 Å². The average Bonchev–Trinajstić information content (AvgIpc) is 2.73. The van der Waals surface area contributed by atoms with Crippen LogP contribution in [0.3, 0.4) is 0 Å². The zero-order valence-corrected chi connectivity index (χ0v) is 10.0. The number of nitrogens with zero attached hydrogens (tertiary/aromatic N) is 1. The second-order valence-corrected chi connectivity index (χ2v) is 4.88. The Morgan fingerprint density at radius 1 is 1.50 bits per heavy atom. The lowest BCUT2D eigenvalue weighted by molar-refractivity contribution is 0.214. The van der Waals surface area contributed by atoms with Gasteiger partial charge in [-0.15, -0.1) is 11.3 Å². The van der Waals surface area contributed by atoms with Crippen molar-refractivity contribution in [3.05, 3.63) is 44.8 Å². The van der Waals surface area contributed by atoms with E-state index in [1.54, 1.807) is 11.3 Å². The van der Waals surface area contributed by atoms with E-state index < -0.39 is 6.10 Å². The van der Waals surface area contributed by atoms with Crippen molar-refractivity contribution in [3.8, 4) is 0 Å². The fraction of sp³-hybridized carbons (Fsp3) is 0.200. The number of hydrogen-bond donors (Lipinski definition) is 1. The van der Waals surface area contributed by atoms with Crippen LogP contribution in [0.5, 0.6) is 0 Å². The van der Waals surface area contributed by atoms with Crippen LogP contribution in [0.4, 0.5) is 0 Å². The molecular formula is C10H10BrNOS. The summed E-state index contributed by atoms with van der Waals surface area (Å²) in [6.07, 6.45) is 1.39. The van der Waals surface area contributed by atoms with E-state index in [-0.39, 0.29) is 0 Å². The minimum atomic E-state index is -0.538. The number of aliphatic hydroxyl groups excluding tert-OH is 1. The summed E-state index contributed by atoms with van der Waals surface area (Å²) in [4.78, 5) is 0.951. The summed E-state index contributed by atoms with van der Waals surface area (Å²) in [6.45, 7) is 0. The summed E-state index contributed by atoms with van der Waals surface area (Å²) in [5, 5.41) is 12.1. The van der Waals surface area contributed by atoms with Crippen LogP contribution in [0.15, 0.2) is 34.2 Å². The van der Waals surface area contributed by atoms with Crippen LogP contribution < -0.4 is 0 Å². The van der Waals surface area contributed by atoms with Crippen molar-refractivity contribution in [2.24, 2.45) is 7.05 Å². The highest BCUT2D eigenvalue weighted by Gasteiger charge is 2.16. The van der Waals surface area contributed by atoms with Gasteiger partial charge in [0.25, 0.3) is 0 Å². The Morgan fingerprint density at radius 2 is 2.29 bits per heavy atom. The highest BCUT2D eigenvalue weighted by Crippen LogP contribution is 2.32. The van der Waals surface area contributed by atoms with Crippen LogP contribution in [0.25, 0.3) is 0 Å². The molecule has 14 heavy (non-hydrogen) atoms. The van der Waals surface area contributed by atoms with E-state index in [4.69, 9.17) is 0 Å². The molecule has 74 valence electrons. The van der Waals surface area contributed by atoms with Gasteiger partial charge in [-0.05, 0) is 39.5 Å². The molecule has 2 rings (SSSR count). The molecule has 2 nitrogen and oxygen atoms in total. The Hall–Kier alpha value is -0.580. The predicted molar refractivity (Wildman–Crippen MR) is 61.5 cm³/mol. The van der Waals surface area contributed by atoms with Crippen LogP contribution in [-0.4, -0.2) is 9.67 Å². The molecule has 0 spiro atoms. The quantitative estimate of drug-likeness (QED) is 0.893. The third-order valence-corrected chi connectivity index (χ3v) is 4.08. The van der Waals surface area contributed by atoms with Gasteiger partial charge in [0, 0.05) is 17.7 Å². The second kappa shape index (κ2) is 3.88. The lowest BCUT2D eigenvalue weighted by atomic mass is 10.2. The molecule has 0 saturated carbocycles. The van der Waals surface area contributed by atoms with Gasteiger partial charge in [0.1, 0.15) is 6.10 Å². The Kier molecular flexibility index (Phi) is 2.76. The van der Waals surface area contributed by atoms with Crippen molar-refractivity contribution in [1.82, 2.24) is 4.57 Å². The number of aryl methyl sites for hydroxylation is 1. The monoisotopic (exact) mass is 271 g/mol. The van der Waals surface area contributed by atoms with Crippen molar-refractivity contribution >= 4 is 27.3 Å². The predicted octanol–water partition coefficient (Wildman–Crippen LogP) is 2.93. The van der Waals surface area contributed by atoms with E-state index in [2.05, 4.69) is 15.9 Å². The normalized spacial score (nSPS) is 13.1. The largest absolute Gasteiger partial charge is 0.381 e. The molecule has 2 heterocycles. The summed E-state index contributed by atoms with van der Waals surface area (Å²) in [6, 6.07) is 5.81. The van der Waals surface area contributed by atoms with E-state index in [1.165, 1.54) is 0 Å². The lowest BCUT2D eigenvalue weighted by Gasteiger charge is -2.10. The van der Waals surface area contributed by atoms with Crippen LogP contribution in [0, 0.1) is 0 Å². The first kappa shape index (κ1) is 9.96. The SMILES string of the molecule is Cn1cccc1[C@H](O)c1sccc1Br. The third-order valence-electron chi connectivity index (χ3n) is 2.16. The first-order chi connectivity index (χ1) is 6.70. The first-order valence-electron chi connectivity index (χ1n) is 4.22. The minimum Gasteiger partial charge on any atom is -0.381 e. The molecule has 2 aromatic rings. The zero-order chi connectivity index (χ0) is 10.1. The molecule has 4 heteroatoms. The molecule has 0 saturated heterocycles. The van der Waals surface area contributed by atoms with E-state index in [9.17, 15) is 5.11 Å². The molecule has 0 aliphatic carbocycles. The van der Waals surface area contributed by atoms with Crippen molar-refractivity contribution < 1.29 is 5.11 Å². The van der Waals surface area contributed by atoms with Gasteiger partial charge in [-0.1, -0.05) is 0 Å². The van der Waals surface area contributed by atoms with Gasteiger partial charge in [-0.25, -0.2) is 0 Å². The minimum absolute atomic E-state index is 0.538. The number of rotatable bonds is 2. The van der Waals surface area contributed by atoms with Gasteiger partial charge in [0.05, 0.1) is 10.6 Å². The molecule has 1 N–H and O–H groups in total. The standard InChI is InChI=1S/C10H10BrNOS/c1-12-5-2-3-8(12)9(13)10-7(11)4-6-14-10/h2-6,9,13H,1H3/t9-/m0/s1. The van der Waals surface area contributed by atoms with Crippen LogP contribution in [0.2, 0.25) is 0 Å². The van der Waals surface area contributed by atoms with E-state index in [1.807, 2.05) is 41.4 Å². The van der Waals surface area contributed by atoms with Gasteiger partial charge in [-0.2, -0.15) is 0 Å².